The van der Waals surface area contributed by atoms with Crippen LogP contribution in [0.5, 0.6) is 0 Å². The third-order valence-corrected chi connectivity index (χ3v) is 2.74. The molecule has 2 aliphatic rings. The van der Waals surface area contributed by atoms with E-state index in [0.717, 1.165) is 12.6 Å². The summed E-state index contributed by atoms with van der Waals surface area (Å²) in [6.07, 6.45) is 7.06. The molecule has 1 aliphatic carbocycles. The maximum absolute atomic E-state index is 5.59. The molecule has 2 atom stereocenters. The largest absolute Gasteiger partial charge is 0.378 e. The summed E-state index contributed by atoms with van der Waals surface area (Å²) in [7, 11) is 0. The van der Waals surface area contributed by atoms with Crippen LogP contribution in [0.4, 0.5) is 0 Å². The Bertz CT molecular complexity index is 139. The Balaban J connectivity index is 1.62. The molecule has 0 radical (unpaired) electrons. The molecule has 0 spiro atoms. The molecule has 0 amide bonds. The van der Waals surface area contributed by atoms with Crippen LogP contribution >= 0.6 is 0 Å². The van der Waals surface area contributed by atoms with Crippen LogP contribution in [0.25, 0.3) is 0 Å². The first-order valence-electron chi connectivity index (χ1n) is 5.22. The van der Waals surface area contributed by atoms with Crippen molar-refractivity contribution in [2.45, 2.75) is 57.2 Å². The van der Waals surface area contributed by atoms with Crippen molar-refractivity contribution in [1.29, 1.82) is 0 Å². The summed E-state index contributed by atoms with van der Waals surface area (Å²) < 4.78 is 5.59. The van der Waals surface area contributed by atoms with Crippen LogP contribution in [0, 0.1) is 0 Å². The first-order valence-corrected chi connectivity index (χ1v) is 5.22. The zero-order valence-corrected chi connectivity index (χ0v) is 7.88. The van der Waals surface area contributed by atoms with Crippen LogP contribution in [-0.2, 0) is 4.74 Å². The molecule has 1 heterocycles. The first-order chi connectivity index (χ1) is 5.84. The Morgan fingerprint density at radius 3 is 2.83 bits per heavy atom. The van der Waals surface area contributed by atoms with Gasteiger partial charge in [-0.05, 0) is 39.0 Å². The van der Waals surface area contributed by atoms with Gasteiger partial charge >= 0.3 is 0 Å². The predicted molar refractivity (Wildman–Crippen MR) is 49.2 cm³/mol. The van der Waals surface area contributed by atoms with Crippen LogP contribution in [0.2, 0.25) is 0 Å². The lowest BCUT2D eigenvalue weighted by Crippen LogP contribution is -2.31. The van der Waals surface area contributed by atoms with Gasteiger partial charge in [-0.1, -0.05) is 0 Å². The highest BCUT2D eigenvalue weighted by atomic mass is 16.5. The Hall–Kier alpha value is -0.0800. The zero-order chi connectivity index (χ0) is 8.39. The van der Waals surface area contributed by atoms with Crippen molar-refractivity contribution in [3.05, 3.63) is 0 Å². The molecule has 1 N–H and O–H groups in total. The molecule has 2 unspecified atom stereocenters. The fourth-order valence-electron chi connectivity index (χ4n) is 1.94. The lowest BCUT2D eigenvalue weighted by atomic mass is 10.1. The van der Waals surface area contributed by atoms with Crippen LogP contribution in [0.1, 0.15) is 39.0 Å². The van der Waals surface area contributed by atoms with Gasteiger partial charge in [-0.15, -0.1) is 0 Å². The van der Waals surface area contributed by atoms with E-state index in [1.165, 1.54) is 32.1 Å². The standard InChI is InChI=1S/C10H19NO/c1-8(11-9-4-5-9)7-10-3-2-6-12-10/h8-11H,2-7H2,1H3. The van der Waals surface area contributed by atoms with E-state index in [-0.39, 0.29) is 0 Å². The normalized spacial score (nSPS) is 32.2. The van der Waals surface area contributed by atoms with E-state index in [2.05, 4.69) is 12.2 Å². The Labute approximate surface area is 74.7 Å². The van der Waals surface area contributed by atoms with Gasteiger partial charge in [0.05, 0.1) is 6.10 Å². The molecule has 70 valence electrons. The van der Waals surface area contributed by atoms with Gasteiger partial charge < -0.3 is 10.1 Å². The van der Waals surface area contributed by atoms with E-state index < -0.39 is 0 Å². The van der Waals surface area contributed by atoms with E-state index in [4.69, 9.17) is 4.74 Å². The molecule has 1 saturated heterocycles. The summed E-state index contributed by atoms with van der Waals surface area (Å²) in [4.78, 5) is 0. The first kappa shape index (κ1) is 8.52. The molecule has 0 aromatic carbocycles. The van der Waals surface area contributed by atoms with Crippen LogP contribution in [0.15, 0.2) is 0 Å². The van der Waals surface area contributed by atoms with Gasteiger partial charge in [0.15, 0.2) is 0 Å². The molecular formula is C10H19NO. The average molecular weight is 169 g/mol. The highest BCUT2D eigenvalue weighted by Crippen LogP contribution is 2.22. The maximum Gasteiger partial charge on any atom is 0.0590 e. The summed E-state index contributed by atoms with van der Waals surface area (Å²) in [5.74, 6) is 0. The second-order valence-electron chi connectivity index (χ2n) is 4.21. The molecule has 2 rings (SSSR count). The average Bonchev–Trinajstić information content (AvgIpc) is 2.66. The second kappa shape index (κ2) is 3.75. The monoisotopic (exact) mass is 169 g/mol. The third kappa shape index (κ3) is 2.46. The lowest BCUT2D eigenvalue weighted by molar-refractivity contribution is 0.0961. The summed E-state index contributed by atoms with van der Waals surface area (Å²) >= 11 is 0. The Morgan fingerprint density at radius 2 is 2.25 bits per heavy atom. The SMILES string of the molecule is CC(CC1CCCO1)NC1CC1. The number of hydrogen-bond acceptors (Lipinski definition) is 2. The van der Waals surface area contributed by atoms with Gasteiger partial charge in [0.25, 0.3) is 0 Å². The van der Waals surface area contributed by atoms with Crippen molar-refractivity contribution < 1.29 is 4.74 Å². The van der Waals surface area contributed by atoms with E-state index in [9.17, 15) is 0 Å². The van der Waals surface area contributed by atoms with Crippen molar-refractivity contribution >= 4 is 0 Å². The quantitative estimate of drug-likeness (QED) is 0.691. The van der Waals surface area contributed by atoms with Gasteiger partial charge in [0, 0.05) is 18.7 Å². The minimum atomic E-state index is 0.547. The van der Waals surface area contributed by atoms with Crippen molar-refractivity contribution in [3.63, 3.8) is 0 Å². The maximum atomic E-state index is 5.59. The van der Waals surface area contributed by atoms with Crippen LogP contribution in [-0.4, -0.2) is 24.8 Å². The van der Waals surface area contributed by atoms with Crippen molar-refractivity contribution in [1.82, 2.24) is 5.32 Å². The predicted octanol–water partition coefficient (Wildman–Crippen LogP) is 1.70. The van der Waals surface area contributed by atoms with E-state index in [1.54, 1.807) is 0 Å². The molecule has 2 heteroatoms. The fraction of sp³-hybridized carbons (Fsp3) is 1.00. The highest BCUT2D eigenvalue weighted by Gasteiger charge is 2.25. The minimum Gasteiger partial charge on any atom is -0.378 e. The van der Waals surface area contributed by atoms with Crippen molar-refractivity contribution in [2.75, 3.05) is 6.61 Å². The second-order valence-corrected chi connectivity index (χ2v) is 4.21. The molecule has 0 aromatic heterocycles. The van der Waals surface area contributed by atoms with E-state index in [0.29, 0.717) is 12.1 Å². The van der Waals surface area contributed by atoms with Crippen LogP contribution in [0.3, 0.4) is 0 Å². The molecule has 0 bridgehead atoms. The summed E-state index contributed by atoms with van der Waals surface area (Å²) in [6.45, 7) is 3.26. The Morgan fingerprint density at radius 1 is 1.42 bits per heavy atom. The number of ether oxygens (including phenoxy) is 1. The summed E-state index contributed by atoms with van der Waals surface area (Å²) in [6, 6.07) is 1.49. The van der Waals surface area contributed by atoms with E-state index in [1.807, 2.05) is 0 Å². The summed E-state index contributed by atoms with van der Waals surface area (Å²) in [5.41, 5.74) is 0. The topological polar surface area (TPSA) is 21.3 Å². The highest BCUT2D eigenvalue weighted by molar-refractivity contribution is 4.84. The molecule has 2 nitrogen and oxygen atoms in total. The van der Waals surface area contributed by atoms with Gasteiger partial charge in [-0.25, -0.2) is 0 Å². The molecule has 2 fully saturated rings. The van der Waals surface area contributed by atoms with Gasteiger partial charge in [0.2, 0.25) is 0 Å². The van der Waals surface area contributed by atoms with Crippen LogP contribution < -0.4 is 5.32 Å². The molecule has 1 aliphatic heterocycles. The number of nitrogens with one attached hydrogen (secondary N) is 1. The smallest absolute Gasteiger partial charge is 0.0590 e. The van der Waals surface area contributed by atoms with E-state index >= 15 is 0 Å². The number of hydrogen-bond donors (Lipinski definition) is 1. The zero-order valence-electron chi connectivity index (χ0n) is 7.88. The fourth-order valence-corrected chi connectivity index (χ4v) is 1.94. The molecular weight excluding hydrogens is 150 g/mol. The van der Waals surface area contributed by atoms with Gasteiger partial charge in [0.1, 0.15) is 0 Å². The number of rotatable bonds is 4. The molecule has 12 heavy (non-hydrogen) atoms. The van der Waals surface area contributed by atoms with Crippen molar-refractivity contribution in [3.8, 4) is 0 Å². The minimum absolute atomic E-state index is 0.547. The third-order valence-electron chi connectivity index (χ3n) is 2.74. The Kier molecular flexibility index (Phi) is 2.66. The molecule has 1 saturated carbocycles. The van der Waals surface area contributed by atoms with Gasteiger partial charge in [-0.2, -0.15) is 0 Å². The van der Waals surface area contributed by atoms with Gasteiger partial charge in [-0.3, -0.25) is 0 Å². The summed E-state index contributed by atoms with van der Waals surface area (Å²) in [5, 5.41) is 3.60. The lowest BCUT2D eigenvalue weighted by Gasteiger charge is -2.17. The molecule has 0 aromatic rings. The van der Waals surface area contributed by atoms with Crippen molar-refractivity contribution in [2.24, 2.45) is 0 Å².